The third-order valence-corrected chi connectivity index (χ3v) is 4.86. The van der Waals surface area contributed by atoms with Gasteiger partial charge in [0.2, 0.25) is 11.6 Å². The molecule has 1 saturated heterocycles. The van der Waals surface area contributed by atoms with Crippen LogP contribution in [0.4, 0.5) is 14.5 Å². The predicted molar refractivity (Wildman–Crippen MR) is 102 cm³/mol. The molecule has 1 heterocycles. The number of nitro benzene ring substituents is 1. The molecule has 1 aliphatic heterocycles. The number of ether oxygens (including phenoxy) is 1. The molecule has 1 amide bonds. The van der Waals surface area contributed by atoms with E-state index >= 15 is 0 Å². The monoisotopic (exact) mass is 425 g/mol. The summed E-state index contributed by atoms with van der Waals surface area (Å²) in [4.78, 5) is 26.1. The molecule has 3 rings (SSSR count). The van der Waals surface area contributed by atoms with Gasteiger partial charge in [0, 0.05) is 43.8 Å². The zero-order valence-electron chi connectivity index (χ0n) is 15.3. The van der Waals surface area contributed by atoms with Crippen molar-refractivity contribution in [3.8, 4) is 5.75 Å². The van der Waals surface area contributed by atoms with E-state index in [4.69, 9.17) is 16.3 Å². The van der Waals surface area contributed by atoms with Crippen LogP contribution in [-0.4, -0.2) is 53.4 Å². The quantitative estimate of drug-likeness (QED) is 0.524. The summed E-state index contributed by atoms with van der Waals surface area (Å²) in [6, 6.07) is 8.95. The Hall–Kier alpha value is -2.78. The van der Waals surface area contributed by atoms with E-state index in [9.17, 15) is 23.7 Å². The number of rotatable bonds is 6. The van der Waals surface area contributed by atoms with Gasteiger partial charge in [0.05, 0.1) is 4.92 Å². The first kappa shape index (κ1) is 20.9. The molecule has 0 bridgehead atoms. The van der Waals surface area contributed by atoms with Crippen molar-refractivity contribution in [1.29, 1.82) is 0 Å². The van der Waals surface area contributed by atoms with Gasteiger partial charge in [-0.1, -0.05) is 23.7 Å². The fourth-order valence-corrected chi connectivity index (χ4v) is 3.16. The van der Waals surface area contributed by atoms with E-state index in [1.807, 2.05) is 24.3 Å². The molecule has 29 heavy (non-hydrogen) atoms. The molecule has 0 radical (unpaired) electrons. The smallest absolute Gasteiger partial charge is 0.314 e. The van der Waals surface area contributed by atoms with Gasteiger partial charge in [-0.2, -0.15) is 4.39 Å². The lowest BCUT2D eigenvalue weighted by Crippen LogP contribution is -2.49. The van der Waals surface area contributed by atoms with Crippen molar-refractivity contribution >= 4 is 23.2 Å². The largest absolute Gasteiger partial charge is 0.475 e. The first-order valence-electron chi connectivity index (χ1n) is 8.85. The summed E-state index contributed by atoms with van der Waals surface area (Å²) < 4.78 is 32.2. The Morgan fingerprint density at radius 1 is 1.10 bits per heavy atom. The molecule has 0 saturated carbocycles. The first-order chi connectivity index (χ1) is 13.8. The highest BCUT2D eigenvalue weighted by Crippen LogP contribution is 2.31. The highest BCUT2D eigenvalue weighted by atomic mass is 35.5. The number of nitro groups is 1. The number of piperazine rings is 1. The highest BCUT2D eigenvalue weighted by Gasteiger charge is 2.26. The van der Waals surface area contributed by atoms with Crippen LogP contribution >= 0.6 is 11.6 Å². The molecule has 10 heteroatoms. The molecule has 0 spiro atoms. The van der Waals surface area contributed by atoms with Crippen LogP contribution in [0.2, 0.25) is 5.02 Å². The maximum Gasteiger partial charge on any atom is 0.314 e. The van der Waals surface area contributed by atoms with Gasteiger partial charge in [0.1, 0.15) is 0 Å². The van der Waals surface area contributed by atoms with E-state index in [1.165, 1.54) is 4.90 Å². The Kier molecular flexibility index (Phi) is 6.60. The van der Waals surface area contributed by atoms with Gasteiger partial charge in [-0.3, -0.25) is 19.8 Å². The number of hydrogen-bond donors (Lipinski definition) is 0. The summed E-state index contributed by atoms with van der Waals surface area (Å²) in [5, 5.41) is 11.6. The number of amides is 1. The van der Waals surface area contributed by atoms with Gasteiger partial charge in [0.15, 0.2) is 12.4 Å². The van der Waals surface area contributed by atoms with Crippen molar-refractivity contribution in [3.05, 3.63) is 68.7 Å². The SMILES string of the molecule is O=C(COc1c([N+](=O)[O-])ccc(F)c1F)N1CCN(Cc2ccc(Cl)cc2)CC1. The van der Waals surface area contributed by atoms with Crippen LogP contribution in [0.5, 0.6) is 5.75 Å². The summed E-state index contributed by atoms with van der Waals surface area (Å²) in [6.45, 7) is 2.23. The van der Waals surface area contributed by atoms with E-state index in [0.717, 1.165) is 18.2 Å². The van der Waals surface area contributed by atoms with Crippen LogP contribution in [0.3, 0.4) is 0 Å². The van der Waals surface area contributed by atoms with Gasteiger partial charge >= 0.3 is 5.69 Å². The summed E-state index contributed by atoms with van der Waals surface area (Å²) in [5.41, 5.74) is 0.371. The summed E-state index contributed by atoms with van der Waals surface area (Å²) >= 11 is 5.88. The van der Waals surface area contributed by atoms with Crippen molar-refractivity contribution in [2.75, 3.05) is 32.8 Å². The Morgan fingerprint density at radius 3 is 2.38 bits per heavy atom. The zero-order chi connectivity index (χ0) is 21.0. The minimum atomic E-state index is -1.49. The van der Waals surface area contributed by atoms with E-state index in [1.54, 1.807) is 0 Å². The average Bonchev–Trinajstić information content (AvgIpc) is 2.71. The van der Waals surface area contributed by atoms with Gasteiger partial charge in [-0.15, -0.1) is 0 Å². The van der Waals surface area contributed by atoms with Crippen LogP contribution in [0.25, 0.3) is 0 Å². The molecular weight excluding hydrogens is 408 g/mol. The molecule has 0 N–H and O–H groups in total. The standard InChI is InChI=1S/C19H18ClF2N3O4/c20-14-3-1-13(2-4-14)11-23-7-9-24(10-8-23)17(26)12-29-19-16(25(27)28)6-5-15(21)18(19)22/h1-6H,7-12H2. The van der Waals surface area contributed by atoms with Crippen molar-refractivity contribution in [1.82, 2.24) is 9.80 Å². The normalized spacial score (nSPS) is 14.7. The lowest BCUT2D eigenvalue weighted by molar-refractivity contribution is -0.386. The van der Waals surface area contributed by atoms with Crippen molar-refractivity contribution in [2.45, 2.75) is 6.54 Å². The van der Waals surface area contributed by atoms with Crippen molar-refractivity contribution in [3.63, 3.8) is 0 Å². The molecule has 0 aliphatic carbocycles. The molecule has 1 aliphatic rings. The second kappa shape index (κ2) is 9.15. The Balaban J connectivity index is 1.53. The van der Waals surface area contributed by atoms with Gasteiger partial charge in [-0.25, -0.2) is 4.39 Å². The molecule has 154 valence electrons. The van der Waals surface area contributed by atoms with Crippen molar-refractivity contribution < 1.29 is 23.2 Å². The number of halogens is 3. The lowest BCUT2D eigenvalue weighted by atomic mass is 10.2. The number of benzene rings is 2. The Morgan fingerprint density at radius 2 is 1.76 bits per heavy atom. The van der Waals surface area contributed by atoms with E-state index < -0.39 is 40.5 Å². The van der Waals surface area contributed by atoms with Crippen LogP contribution in [0, 0.1) is 21.7 Å². The number of nitrogens with zero attached hydrogens (tertiary/aromatic N) is 3. The van der Waals surface area contributed by atoms with E-state index in [2.05, 4.69) is 4.90 Å². The van der Waals surface area contributed by atoms with E-state index in [-0.39, 0.29) is 0 Å². The van der Waals surface area contributed by atoms with Gasteiger partial charge in [0.25, 0.3) is 5.91 Å². The summed E-state index contributed by atoms with van der Waals surface area (Å²) in [7, 11) is 0. The van der Waals surface area contributed by atoms with Crippen molar-refractivity contribution in [2.24, 2.45) is 0 Å². The second-order valence-corrected chi connectivity index (χ2v) is 6.98. The average molecular weight is 426 g/mol. The summed E-state index contributed by atoms with van der Waals surface area (Å²) in [6.07, 6.45) is 0. The fourth-order valence-electron chi connectivity index (χ4n) is 3.03. The molecule has 0 aromatic heterocycles. The predicted octanol–water partition coefficient (Wildman–Crippen LogP) is 3.25. The minimum absolute atomic E-state index is 0.434. The summed E-state index contributed by atoms with van der Waals surface area (Å²) in [5.74, 6) is -4.09. The molecule has 7 nitrogen and oxygen atoms in total. The maximum absolute atomic E-state index is 13.9. The molecule has 1 fully saturated rings. The fraction of sp³-hybridized carbons (Fsp3) is 0.316. The third kappa shape index (κ3) is 5.18. The van der Waals surface area contributed by atoms with Gasteiger partial charge in [-0.05, 0) is 23.8 Å². The van der Waals surface area contributed by atoms with Crippen LogP contribution in [0.1, 0.15) is 5.56 Å². The number of carbonyl (C=O) groups is 1. The Labute approximate surface area is 170 Å². The molecule has 2 aromatic rings. The second-order valence-electron chi connectivity index (χ2n) is 6.54. The number of carbonyl (C=O) groups excluding carboxylic acids is 1. The third-order valence-electron chi connectivity index (χ3n) is 4.61. The first-order valence-corrected chi connectivity index (χ1v) is 9.22. The maximum atomic E-state index is 13.9. The molecule has 2 aromatic carbocycles. The molecular formula is C19H18ClF2N3O4. The zero-order valence-corrected chi connectivity index (χ0v) is 16.1. The van der Waals surface area contributed by atoms with E-state index in [0.29, 0.717) is 37.3 Å². The number of hydrogen-bond acceptors (Lipinski definition) is 5. The van der Waals surface area contributed by atoms with Crippen LogP contribution < -0.4 is 4.74 Å². The minimum Gasteiger partial charge on any atom is -0.475 e. The van der Waals surface area contributed by atoms with Gasteiger partial charge < -0.3 is 9.64 Å². The molecule has 0 unspecified atom stereocenters. The highest BCUT2D eigenvalue weighted by molar-refractivity contribution is 6.30. The lowest BCUT2D eigenvalue weighted by Gasteiger charge is -2.34. The van der Waals surface area contributed by atoms with Crippen LogP contribution in [-0.2, 0) is 11.3 Å². The molecule has 0 atom stereocenters. The van der Waals surface area contributed by atoms with Crippen LogP contribution in [0.15, 0.2) is 36.4 Å². The Bertz CT molecular complexity index is 903. The topological polar surface area (TPSA) is 75.9 Å².